The largest absolute Gasteiger partial charge is 1.00 e. The van der Waals surface area contributed by atoms with Crippen LogP contribution >= 0.6 is 12.6 Å². The van der Waals surface area contributed by atoms with Gasteiger partial charge in [-0.3, -0.25) is 4.90 Å². The summed E-state index contributed by atoms with van der Waals surface area (Å²) < 4.78 is 1.93. The van der Waals surface area contributed by atoms with E-state index in [0.717, 1.165) is 34.7 Å². The maximum atomic E-state index is 12.3. The van der Waals surface area contributed by atoms with Crippen molar-refractivity contribution in [1.29, 1.82) is 0 Å². The third-order valence-corrected chi connectivity index (χ3v) is 4.27. The second kappa shape index (κ2) is 11.3. The van der Waals surface area contributed by atoms with Gasteiger partial charge in [0.05, 0.1) is 11.3 Å². The molecule has 0 fully saturated rings. The molecule has 0 spiro atoms. The summed E-state index contributed by atoms with van der Waals surface area (Å²) in [7, 11) is 1.93. The van der Waals surface area contributed by atoms with Crippen molar-refractivity contribution in [2.45, 2.75) is 25.1 Å². The molecule has 0 radical (unpaired) electrons. The summed E-state index contributed by atoms with van der Waals surface area (Å²) in [6, 6.07) is 7.12. The Morgan fingerprint density at radius 2 is 2.00 bits per heavy atom. The van der Waals surface area contributed by atoms with Gasteiger partial charge in [0.15, 0.2) is 0 Å². The van der Waals surface area contributed by atoms with Gasteiger partial charge in [-0.2, -0.15) is 0 Å². The Hall–Kier alpha value is -0.605. The van der Waals surface area contributed by atoms with Crippen molar-refractivity contribution >= 4 is 24.6 Å². The second-order valence-electron chi connectivity index (χ2n) is 5.73. The molecule has 3 amide bonds. The monoisotopic (exact) mass is 444 g/mol. The van der Waals surface area contributed by atoms with Crippen LogP contribution in [0.1, 0.15) is 30.7 Å². The molecule has 0 saturated heterocycles. The van der Waals surface area contributed by atoms with Crippen LogP contribution < -0.4 is 63.5 Å². The van der Waals surface area contributed by atoms with Crippen LogP contribution in [0.5, 0.6) is 0 Å². The fraction of sp³-hybridized carbons (Fsp3) is 0.333. The van der Waals surface area contributed by atoms with E-state index < -0.39 is 17.3 Å². The fourth-order valence-corrected chi connectivity index (χ4v) is 2.67. The molecule has 0 aliphatic heterocycles. The van der Waals surface area contributed by atoms with E-state index in [0.29, 0.717) is 6.54 Å². The number of urea groups is 1. The maximum Gasteiger partial charge on any atom is 1.00 e. The molecule has 2 rings (SSSR count). The van der Waals surface area contributed by atoms with Gasteiger partial charge < -0.3 is 21.6 Å². The Labute approximate surface area is 208 Å². The van der Waals surface area contributed by atoms with Gasteiger partial charge in [-0.15, -0.1) is 12.6 Å². The standard InChI is InChI=1S/C18H23N4O2S.Rb/c1-4-5-11-22(13(2)23)18(24)20-17(25)15-8-6-14(7-9-15)16-19-10-12-21(16)3;/h6-10,12,17,25H,2,4-5,11H2,1,3H3,(H,20,24);/q-1;+1. The molecule has 134 valence electrons. The van der Waals surface area contributed by atoms with Gasteiger partial charge in [0, 0.05) is 31.5 Å². The molecule has 1 atom stereocenters. The van der Waals surface area contributed by atoms with Gasteiger partial charge in [-0.05, 0) is 12.0 Å². The van der Waals surface area contributed by atoms with Gasteiger partial charge >= 0.3 is 64.2 Å². The smallest absolute Gasteiger partial charge is 0.334 e. The number of nitrogens with zero attached hydrogens (tertiary/aromatic N) is 3. The van der Waals surface area contributed by atoms with E-state index in [9.17, 15) is 9.59 Å². The van der Waals surface area contributed by atoms with E-state index in [1.807, 2.05) is 49.0 Å². The molecule has 0 saturated carbocycles. The van der Waals surface area contributed by atoms with Crippen LogP contribution in [-0.4, -0.2) is 32.9 Å². The van der Waals surface area contributed by atoms with Crippen LogP contribution in [0.25, 0.3) is 11.4 Å². The number of benzene rings is 1. The number of imidazole rings is 1. The molecule has 0 bridgehead atoms. The summed E-state index contributed by atoms with van der Waals surface area (Å²) in [4.78, 5) is 29.2. The van der Waals surface area contributed by atoms with E-state index in [1.165, 1.54) is 0 Å². The third-order valence-electron chi connectivity index (χ3n) is 3.85. The Morgan fingerprint density at radius 1 is 1.35 bits per heavy atom. The van der Waals surface area contributed by atoms with Crippen molar-refractivity contribution in [1.82, 2.24) is 19.8 Å². The number of nitrogens with one attached hydrogen (secondary N) is 1. The minimum Gasteiger partial charge on any atom is -0.334 e. The van der Waals surface area contributed by atoms with Crippen molar-refractivity contribution in [3.63, 3.8) is 0 Å². The summed E-state index contributed by atoms with van der Waals surface area (Å²) in [6.45, 7) is 5.68. The molecule has 1 unspecified atom stereocenters. The zero-order chi connectivity index (χ0) is 18.4. The second-order valence-corrected chi connectivity index (χ2v) is 6.25. The Morgan fingerprint density at radius 3 is 2.50 bits per heavy atom. The number of hydrogen-bond acceptors (Lipinski definition) is 4. The van der Waals surface area contributed by atoms with Gasteiger partial charge in [-0.25, -0.2) is 9.78 Å². The van der Waals surface area contributed by atoms with E-state index in [2.05, 4.69) is 29.9 Å². The van der Waals surface area contributed by atoms with Crippen molar-refractivity contribution in [3.8, 4) is 11.4 Å². The minimum atomic E-state index is -0.522. The number of aromatic nitrogens is 2. The first-order valence-electron chi connectivity index (χ1n) is 8.13. The van der Waals surface area contributed by atoms with Gasteiger partial charge in [-0.1, -0.05) is 37.6 Å². The molecular formula is C18H23N4O2RbS. The molecule has 6 nitrogen and oxygen atoms in total. The normalized spacial score (nSPS) is 11.3. The zero-order valence-corrected chi connectivity index (χ0v) is 21.3. The van der Waals surface area contributed by atoms with Crippen molar-refractivity contribution in [3.05, 3.63) is 49.1 Å². The molecule has 0 aliphatic rings. The molecule has 1 heterocycles. The number of thiol groups is 1. The first-order valence-corrected chi connectivity index (χ1v) is 8.65. The molecule has 26 heavy (non-hydrogen) atoms. The topological polar surface area (TPSA) is 67.2 Å². The summed E-state index contributed by atoms with van der Waals surface area (Å²) in [5.74, 6) is 0.344. The number of imide groups is 1. The van der Waals surface area contributed by atoms with Gasteiger partial charge in [0.2, 0.25) is 0 Å². The summed E-state index contributed by atoms with van der Waals surface area (Å²) in [5.41, 5.74) is 1.79. The molecule has 2 aromatic rings. The number of rotatable bonds is 6. The third kappa shape index (κ3) is 6.23. The van der Waals surface area contributed by atoms with Crippen LogP contribution in [0.4, 0.5) is 4.79 Å². The van der Waals surface area contributed by atoms with E-state index in [4.69, 9.17) is 0 Å². The molecule has 1 N–H and O–H groups in total. The average Bonchev–Trinajstić information content (AvgIpc) is 3.01. The molecule has 0 aliphatic carbocycles. The number of unbranched alkanes of at least 4 members (excludes halogenated alkanes) is 1. The molecule has 1 aromatic heterocycles. The number of aryl methyl sites for hydroxylation is 1. The fourth-order valence-electron chi connectivity index (χ4n) is 2.39. The van der Waals surface area contributed by atoms with Crippen molar-refractivity contribution in [2.24, 2.45) is 7.05 Å². The van der Waals surface area contributed by atoms with Crippen LogP contribution in [0.2, 0.25) is 0 Å². The summed E-state index contributed by atoms with van der Waals surface area (Å²) in [5, 5.41) is 2.20. The molecule has 1 aromatic carbocycles. The Kier molecular flexibility index (Phi) is 10.2. The van der Waals surface area contributed by atoms with E-state index in [1.54, 1.807) is 6.20 Å². The van der Waals surface area contributed by atoms with Crippen LogP contribution in [0, 0.1) is 6.92 Å². The quantitative estimate of drug-likeness (QED) is 0.380. The first-order chi connectivity index (χ1) is 11.9. The summed E-state index contributed by atoms with van der Waals surface area (Å²) >= 11 is 4.43. The number of carbonyl (C=O) groups is 2. The average molecular weight is 445 g/mol. The SMILES string of the molecule is [CH2-]C(=O)N(CCCC)C(=O)NC(S)c1ccc(-c2nccn2C)cc1.[Rb+]. The number of amides is 3. The maximum absolute atomic E-state index is 12.3. The van der Waals surface area contributed by atoms with Crippen LogP contribution in [0.15, 0.2) is 36.7 Å². The van der Waals surface area contributed by atoms with Gasteiger partial charge in [0.25, 0.3) is 0 Å². The Balaban J connectivity index is 0.00000338. The zero-order valence-electron chi connectivity index (χ0n) is 15.5. The summed E-state index contributed by atoms with van der Waals surface area (Å²) in [6.07, 6.45) is 5.25. The van der Waals surface area contributed by atoms with E-state index in [-0.39, 0.29) is 58.2 Å². The van der Waals surface area contributed by atoms with E-state index >= 15 is 0 Å². The van der Waals surface area contributed by atoms with Crippen molar-refractivity contribution in [2.75, 3.05) is 6.54 Å². The van der Waals surface area contributed by atoms with Gasteiger partial charge in [0.1, 0.15) is 5.82 Å². The molecule has 8 heteroatoms. The van der Waals surface area contributed by atoms with Crippen LogP contribution in [-0.2, 0) is 11.8 Å². The molecular weight excluding hydrogens is 422 g/mol. The van der Waals surface area contributed by atoms with Crippen LogP contribution in [0.3, 0.4) is 0 Å². The number of carbonyl (C=O) groups excluding carboxylic acids is 2. The number of hydrogen-bond donors (Lipinski definition) is 2. The predicted molar refractivity (Wildman–Crippen MR) is 101 cm³/mol. The predicted octanol–water partition coefficient (Wildman–Crippen LogP) is 0.192. The van der Waals surface area contributed by atoms with Crippen molar-refractivity contribution < 1.29 is 67.8 Å². The Bertz CT molecular complexity index is 733. The minimum absolute atomic E-state index is 0. The first kappa shape index (κ1) is 23.4.